The van der Waals surface area contributed by atoms with Gasteiger partial charge in [-0.05, 0) is 36.0 Å². The number of halogens is 4. The van der Waals surface area contributed by atoms with Gasteiger partial charge in [0, 0.05) is 17.5 Å². The molecule has 170 valence electrons. The molecule has 2 aromatic heterocycles. The molecule has 0 aliphatic carbocycles. The first-order chi connectivity index (χ1) is 15.6. The zero-order chi connectivity index (χ0) is 23.5. The number of nitrogens with zero attached hydrogens (tertiary/aromatic N) is 4. The number of aromatic nitrogens is 3. The highest BCUT2D eigenvalue weighted by atomic mass is 35.5. The van der Waals surface area contributed by atoms with Crippen LogP contribution in [-0.2, 0) is 0 Å². The maximum atomic E-state index is 13.4. The molecule has 2 N–H and O–H groups in total. The van der Waals surface area contributed by atoms with Gasteiger partial charge >= 0.3 is 5.51 Å². The Kier molecular flexibility index (Phi) is 5.05. The summed E-state index contributed by atoms with van der Waals surface area (Å²) < 4.78 is 45.3. The van der Waals surface area contributed by atoms with Crippen molar-refractivity contribution < 1.29 is 22.7 Å². The molecule has 1 aliphatic heterocycles. The molecule has 1 amide bonds. The zero-order valence-electron chi connectivity index (χ0n) is 16.9. The van der Waals surface area contributed by atoms with E-state index in [4.69, 9.17) is 22.1 Å². The van der Waals surface area contributed by atoms with Gasteiger partial charge in [-0.2, -0.15) is 13.2 Å². The summed E-state index contributed by atoms with van der Waals surface area (Å²) in [7, 11) is 1.60. The lowest BCUT2D eigenvalue weighted by Crippen LogP contribution is -2.32. The monoisotopic (exact) mass is 493 g/mol. The van der Waals surface area contributed by atoms with Crippen molar-refractivity contribution in [3.8, 4) is 5.75 Å². The lowest BCUT2D eigenvalue weighted by atomic mass is 10.1. The van der Waals surface area contributed by atoms with E-state index in [1.165, 1.54) is 17.0 Å². The van der Waals surface area contributed by atoms with Gasteiger partial charge in [0.05, 0.1) is 40.2 Å². The second-order valence-corrected chi connectivity index (χ2v) is 9.00. The van der Waals surface area contributed by atoms with E-state index in [1.54, 1.807) is 42.2 Å². The third-order valence-electron chi connectivity index (χ3n) is 5.46. The van der Waals surface area contributed by atoms with Crippen LogP contribution in [0.5, 0.6) is 5.75 Å². The number of thioether (sulfide) groups is 1. The van der Waals surface area contributed by atoms with E-state index in [9.17, 15) is 18.0 Å². The number of ether oxygens (including phenoxy) is 1. The predicted molar refractivity (Wildman–Crippen MR) is 119 cm³/mol. The molecule has 0 spiro atoms. The Morgan fingerprint density at radius 1 is 1.30 bits per heavy atom. The second-order valence-electron chi connectivity index (χ2n) is 7.46. The summed E-state index contributed by atoms with van der Waals surface area (Å²) in [6.07, 6.45) is 3.14. The Labute approximate surface area is 194 Å². The van der Waals surface area contributed by atoms with Gasteiger partial charge in [-0.25, -0.2) is 9.97 Å². The summed E-state index contributed by atoms with van der Waals surface area (Å²) in [6, 6.07) is 6.95. The normalized spacial score (nSPS) is 15.6. The molecule has 33 heavy (non-hydrogen) atoms. The number of anilines is 1. The number of amides is 1. The number of imidazole rings is 1. The molecule has 0 bridgehead atoms. The number of hydrogen-bond donors (Lipinski definition) is 1. The van der Waals surface area contributed by atoms with E-state index in [1.807, 2.05) is 0 Å². The van der Waals surface area contributed by atoms with Crippen molar-refractivity contribution in [2.24, 2.45) is 0 Å². The van der Waals surface area contributed by atoms with Crippen LogP contribution in [0.4, 0.5) is 19.0 Å². The highest BCUT2D eigenvalue weighted by Gasteiger charge is 2.34. The highest BCUT2D eigenvalue weighted by molar-refractivity contribution is 8.00. The maximum Gasteiger partial charge on any atom is 0.446 e. The highest BCUT2D eigenvalue weighted by Crippen LogP contribution is 2.43. The molecular formula is C21H15ClF3N5O2S. The number of nitrogen functional groups attached to an aromatic ring is 1. The van der Waals surface area contributed by atoms with Crippen LogP contribution in [0.25, 0.3) is 16.6 Å². The summed E-state index contributed by atoms with van der Waals surface area (Å²) in [5.41, 5.74) is 4.15. The SMILES string of the molecule is CN(C(=O)c1cc2c(cc1Cl)nc(N)c1cncn12)[C@@H]1COc2cc(SC(F)(F)F)ccc21. The van der Waals surface area contributed by atoms with E-state index in [0.717, 1.165) is 0 Å². The molecule has 0 fully saturated rings. The van der Waals surface area contributed by atoms with Gasteiger partial charge < -0.3 is 15.4 Å². The number of fused-ring (bicyclic) bond motifs is 4. The fraction of sp³-hybridized carbons (Fsp3) is 0.190. The Balaban J connectivity index is 1.48. The van der Waals surface area contributed by atoms with Gasteiger partial charge in [0.25, 0.3) is 5.91 Å². The Morgan fingerprint density at radius 2 is 2.09 bits per heavy atom. The van der Waals surface area contributed by atoms with Crippen LogP contribution in [0.1, 0.15) is 22.0 Å². The first-order valence-electron chi connectivity index (χ1n) is 9.63. The molecular weight excluding hydrogens is 479 g/mol. The van der Waals surface area contributed by atoms with Crippen LogP contribution in [0, 0.1) is 0 Å². The number of carbonyl (C=O) groups is 1. The fourth-order valence-electron chi connectivity index (χ4n) is 3.88. The quantitative estimate of drug-likeness (QED) is 0.407. The van der Waals surface area contributed by atoms with Crippen LogP contribution in [0.2, 0.25) is 5.02 Å². The van der Waals surface area contributed by atoms with Gasteiger partial charge in [-0.1, -0.05) is 17.7 Å². The third kappa shape index (κ3) is 3.80. The molecule has 7 nitrogen and oxygen atoms in total. The summed E-state index contributed by atoms with van der Waals surface area (Å²) in [5, 5.41) is 0.196. The van der Waals surface area contributed by atoms with Crippen molar-refractivity contribution in [1.82, 2.24) is 19.3 Å². The van der Waals surface area contributed by atoms with E-state index in [2.05, 4.69) is 9.97 Å². The molecule has 2 aromatic carbocycles. The van der Waals surface area contributed by atoms with Gasteiger partial charge in [0.2, 0.25) is 0 Å². The molecule has 1 atom stereocenters. The molecule has 12 heteroatoms. The number of hydrogen-bond acceptors (Lipinski definition) is 6. The van der Waals surface area contributed by atoms with E-state index in [-0.39, 0.29) is 45.6 Å². The molecule has 5 rings (SSSR count). The molecule has 1 aliphatic rings. The Bertz CT molecular complexity index is 1420. The number of alkyl halides is 3. The number of nitrogens with two attached hydrogens (primary N) is 1. The van der Waals surface area contributed by atoms with Crippen molar-refractivity contribution in [3.63, 3.8) is 0 Å². The smallest absolute Gasteiger partial charge is 0.446 e. The minimum Gasteiger partial charge on any atom is -0.491 e. The summed E-state index contributed by atoms with van der Waals surface area (Å²) in [5.74, 6) is 0.232. The fourth-order valence-corrected chi connectivity index (χ4v) is 4.69. The van der Waals surface area contributed by atoms with Gasteiger partial charge in [0.15, 0.2) is 0 Å². The van der Waals surface area contributed by atoms with Crippen molar-refractivity contribution in [2.75, 3.05) is 19.4 Å². The number of benzene rings is 2. The van der Waals surface area contributed by atoms with Crippen LogP contribution in [-0.4, -0.2) is 44.3 Å². The standard InChI is InChI=1S/C21H15ClF3N5O2S/c1-29(17-8-32-18-4-10(2-3-11(17)18)33-21(23,24)25)20(31)12-5-15-14(6-13(12)22)28-19(26)16-7-27-9-30(15)16/h2-7,9,17H,8H2,1H3,(H2,26,28)/t17-/m1/s1. The number of rotatable bonds is 3. The number of carbonyl (C=O) groups excluding carboxylic acids is 1. The first kappa shape index (κ1) is 21.7. The van der Waals surface area contributed by atoms with Gasteiger partial charge in [-0.3, -0.25) is 9.20 Å². The Hall–Kier alpha value is -3.18. The molecule has 4 aromatic rings. The van der Waals surface area contributed by atoms with Crippen LogP contribution in [0.15, 0.2) is 47.8 Å². The lowest BCUT2D eigenvalue weighted by Gasteiger charge is -2.24. The topological polar surface area (TPSA) is 85.8 Å². The number of likely N-dealkylation sites (N-methyl/N-ethyl adjacent to an activating group) is 1. The van der Waals surface area contributed by atoms with E-state index >= 15 is 0 Å². The van der Waals surface area contributed by atoms with Crippen molar-refractivity contribution in [1.29, 1.82) is 0 Å². The third-order valence-corrected chi connectivity index (χ3v) is 6.49. The molecule has 0 saturated heterocycles. The summed E-state index contributed by atoms with van der Waals surface area (Å²) >= 11 is 6.20. The second kappa shape index (κ2) is 7.70. The van der Waals surface area contributed by atoms with Gasteiger partial charge in [0.1, 0.15) is 23.7 Å². The van der Waals surface area contributed by atoms with Crippen molar-refractivity contribution in [3.05, 3.63) is 59.0 Å². The zero-order valence-corrected chi connectivity index (χ0v) is 18.5. The molecule has 0 radical (unpaired) electrons. The van der Waals surface area contributed by atoms with Crippen LogP contribution < -0.4 is 10.5 Å². The van der Waals surface area contributed by atoms with E-state index < -0.39 is 11.6 Å². The molecule has 3 heterocycles. The minimum atomic E-state index is -4.40. The summed E-state index contributed by atoms with van der Waals surface area (Å²) in [6.45, 7) is 0.118. The van der Waals surface area contributed by atoms with Crippen LogP contribution in [0.3, 0.4) is 0 Å². The molecule has 0 saturated carbocycles. The average Bonchev–Trinajstić information content (AvgIpc) is 3.39. The largest absolute Gasteiger partial charge is 0.491 e. The van der Waals surface area contributed by atoms with Crippen molar-refractivity contribution in [2.45, 2.75) is 16.4 Å². The Morgan fingerprint density at radius 3 is 2.85 bits per heavy atom. The van der Waals surface area contributed by atoms with E-state index in [0.29, 0.717) is 27.9 Å². The first-order valence-corrected chi connectivity index (χ1v) is 10.8. The predicted octanol–water partition coefficient (Wildman–Crippen LogP) is 4.94. The maximum absolute atomic E-state index is 13.4. The molecule has 0 unspecified atom stereocenters. The summed E-state index contributed by atoms with van der Waals surface area (Å²) in [4.78, 5) is 23.3. The minimum absolute atomic E-state index is 0.0181. The van der Waals surface area contributed by atoms with Gasteiger partial charge in [-0.15, -0.1) is 0 Å². The lowest BCUT2D eigenvalue weighted by molar-refractivity contribution is -0.0328. The van der Waals surface area contributed by atoms with Crippen LogP contribution >= 0.6 is 23.4 Å². The average molecular weight is 494 g/mol. The van der Waals surface area contributed by atoms with Crippen molar-refractivity contribution >= 4 is 51.6 Å².